The van der Waals surface area contributed by atoms with Gasteiger partial charge in [-0.2, -0.15) is 0 Å². The number of aromatic nitrogens is 2. The number of nitrogens with one attached hydrogen (secondary N) is 1. The quantitative estimate of drug-likeness (QED) is 0.401. The third kappa shape index (κ3) is 6.60. The Hall–Kier alpha value is -3.28. The highest BCUT2D eigenvalue weighted by Crippen LogP contribution is 2.25. The minimum absolute atomic E-state index is 0.0801. The van der Waals surface area contributed by atoms with Gasteiger partial charge < -0.3 is 10.4 Å². The maximum absolute atomic E-state index is 13.8. The van der Waals surface area contributed by atoms with Gasteiger partial charge in [0.15, 0.2) is 17.4 Å². The average molecular weight is 422 g/mol. The molecule has 0 saturated carbocycles. The molecule has 0 bridgehead atoms. The molecule has 5 nitrogen and oxygen atoms in total. The molecule has 0 aliphatic carbocycles. The van der Waals surface area contributed by atoms with Crippen molar-refractivity contribution < 1.29 is 14.3 Å². The summed E-state index contributed by atoms with van der Waals surface area (Å²) in [6, 6.07) is 13.9. The summed E-state index contributed by atoms with van der Waals surface area (Å²) in [4.78, 5) is 21.5. The number of phenolic OH excluding ortho intramolecular Hbond substituents is 1. The van der Waals surface area contributed by atoms with Crippen LogP contribution >= 0.6 is 0 Å². The molecular formula is C25H28FN3O2. The standard InChI is InChI=1S/C25H28FN3O2/c1-2-3-4-5-9-12-24(31)29-25-21(15-18-10-7-6-8-11-18)28-22(17-27-25)19-13-14-23(30)20(26)16-19/h6-8,10-11,13-14,16-17,30H,2-5,9,12,15H2,1H3,(H,27,29,31). The number of anilines is 1. The maximum Gasteiger partial charge on any atom is 0.225 e. The minimum atomic E-state index is -0.718. The average Bonchev–Trinajstić information content (AvgIpc) is 2.77. The molecule has 0 atom stereocenters. The van der Waals surface area contributed by atoms with Crippen molar-refractivity contribution in [3.8, 4) is 17.0 Å². The summed E-state index contributed by atoms with van der Waals surface area (Å²) >= 11 is 0. The fourth-order valence-electron chi connectivity index (χ4n) is 3.33. The first-order chi connectivity index (χ1) is 15.1. The lowest BCUT2D eigenvalue weighted by Crippen LogP contribution is -2.15. The van der Waals surface area contributed by atoms with Gasteiger partial charge in [-0.3, -0.25) is 4.79 Å². The second-order valence-electron chi connectivity index (χ2n) is 7.59. The summed E-state index contributed by atoms with van der Waals surface area (Å²) in [5.74, 6) is -0.789. The SMILES string of the molecule is CCCCCCCC(=O)Nc1ncc(-c2ccc(O)c(F)c2)nc1Cc1ccccc1. The number of halogens is 1. The molecule has 162 valence electrons. The van der Waals surface area contributed by atoms with Gasteiger partial charge in [0.05, 0.1) is 17.6 Å². The number of carbonyl (C=O) groups excluding carboxylic acids is 1. The lowest BCUT2D eigenvalue weighted by atomic mass is 10.1. The van der Waals surface area contributed by atoms with Crippen molar-refractivity contribution in [1.82, 2.24) is 9.97 Å². The zero-order valence-corrected chi connectivity index (χ0v) is 17.8. The second kappa shape index (κ2) is 11.2. The highest BCUT2D eigenvalue weighted by Gasteiger charge is 2.14. The monoisotopic (exact) mass is 421 g/mol. The van der Waals surface area contributed by atoms with Gasteiger partial charge in [0, 0.05) is 18.4 Å². The Bertz CT molecular complexity index is 1010. The molecule has 0 aliphatic rings. The van der Waals surface area contributed by atoms with E-state index in [1.165, 1.54) is 31.2 Å². The first-order valence-electron chi connectivity index (χ1n) is 10.8. The highest BCUT2D eigenvalue weighted by atomic mass is 19.1. The molecule has 2 aromatic carbocycles. The lowest BCUT2D eigenvalue weighted by Gasteiger charge is -2.12. The molecule has 1 amide bonds. The summed E-state index contributed by atoms with van der Waals surface area (Å²) in [5, 5.41) is 12.3. The Balaban J connectivity index is 1.80. The molecule has 0 aliphatic heterocycles. The Morgan fingerprint density at radius 1 is 1.06 bits per heavy atom. The van der Waals surface area contributed by atoms with E-state index in [4.69, 9.17) is 0 Å². The van der Waals surface area contributed by atoms with E-state index in [1.54, 1.807) is 6.07 Å². The van der Waals surface area contributed by atoms with Crippen molar-refractivity contribution >= 4 is 11.7 Å². The van der Waals surface area contributed by atoms with E-state index in [-0.39, 0.29) is 5.91 Å². The zero-order valence-electron chi connectivity index (χ0n) is 17.8. The smallest absolute Gasteiger partial charge is 0.225 e. The highest BCUT2D eigenvalue weighted by molar-refractivity contribution is 5.90. The molecule has 6 heteroatoms. The number of benzene rings is 2. The topological polar surface area (TPSA) is 75.1 Å². The second-order valence-corrected chi connectivity index (χ2v) is 7.59. The molecule has 0 unspecified atom stereocenters. The predicted molar refractivity (Wildman–Crippen MR) is 120 cm³/mol. The number of aromatic hydroxyl groups is 1. The van der Waals surface area contributed by atoms with Gasteiger partial charge in [0.25, 0.3) is 0 Å². The fourth-order valence-corrected chi connectivity index (χ4v) is 3.33. The largest absolute Gasteiger partial charge is 0.505 e. The van der Waals surface area contributed by atoms with E-state index >= 15 is 0 Å². The fraction of sp³-hybridized carbons (Fsp3) is 0.320. The third-order valence-corrected chi connectivity index (χ3v) is 5.07. The summed E-state index contributed by atoms with van der Waals surface area (Å²) in [6.07, 6.45) is 7.82. The van der Waals surface area contributed by atoms with Crippen LogP contribution in [0.2, 0.25) is 0 Å². The van der Waals surface area contributed by atoms with E-state index in [2.05, 4.69) is 22.2 Å². The number of nitrogens with zero attached hydrogens (tertiary/aromatic N) is 2. The summed E-state index contributed by atoms with van der Waals surface area (Å²) in [7, 11) is 0. The van der Waals surface area contributed by atoms with Crippen LogP contribution in [0.1, 0.15) is 56.7 Å². The molecule has 1 aromatic heterocycles. The van der Waals surface area contributed by atoms with Crippen LogP contribution in [0.5, 0.6) is 5.75 Å². The summed E-state index contributed by atoms with van der Waals surface area (Å²) in [6.45, 7) is 2.16. The Morgan fingerprint density at radius 3 is 2.58 bits per heavy atom. The number of unbranched alkanes of at least 4 members (excludes halogenated alkanes) is 4. The van der Waals surface area contributed by atoms with Crippen molar-refractivity contribution in [2.75, 3.05) is 5.32 Å². The van der Waals surface area contributed by atoms with E-state index in [9.17, 15) is 14.3 Å². The van der Waals surface area contributed by atoms with Gasteiger partial charge in [0.1, 0.15) is 0 Å². The van der Waals surface area contributed by atoms with Gasteiger partial charge >= 0.3 is 0 Å². The number of hydrogen-bond acceptors (Lipinski definition) is 4. The van der Waals surface area contributed by atoms with Crippen molar-refractivity contribution in [1.29, 1.82) is 0 Å². The van der Waals surface area contributed by atoms with Crippen LogP contribution in [0, 0.1) is 5.82 Å². The van der Waals surface area contributed by atoms with Crippen molar-refractivity contribution in [3.63, 3.8) is 0 Å². The van der Waals surface area contributed by atoms with Crippen LogP contribution in [0.3, 0.4) is 0 Å². The van der Waals surface area contributed by atoms with Crippen LogP contribution in [0.4, 0.5) is 10.2 Å². The summed E-state index contributed by atoms with van der Waals surface area (Å²) in [5.41, 5.74) is 2.62. The van der Waals surface area contributed by atoms with Gasteiger partial charge in [-0.25, -0.2) is 14.4 Å². The van der Waals surface area contributed by atoms with Crippen molar-refractivity contribution in [3.05, 3.63) is 71.8 Å². The first kappa shape index (κ1) is 22.4. The Morgan fingerprint density at radius 2 is 1.84 bits per heavy atom. The molecule has 2 N–H and O–H groups in total. The number of carbonyl (C=O) groups is 1. The van der Waals surface area contributed by atoms with Gasteiger partial charge in [-0.15, -0.1) is 0 Å². The van der Waals surface area contributed by atoms with Crippen LogP contribution in [0.25, 0.3) is 11.3 Å². The van der Waals surface area contributed by atoms with Crippen LogP contribution in [-0.2, 0) is 11.2 Å². The normalized spacial score (nSPS) is 10.8. The number of hydrogen-bond donors (Lipinski definition) is 2. The Labute approximate surface area is 182 Å². The van der Waals surface area contributed by atoms with E-state index in [1.807, 2.05) is 30.3 Å². The van der Waals surface area contributed by atoms with E-state index in [0.29, 0.717) is 35.6 Å². The first-order valence-corrected chi connectivity index (χ1v) is 10.8. The van der Waals surface area contributed by atoms with Crippen LogP contribution in [0.15, 0.2) is 54.7 Å². The van der Waals surface area contributed by atoms with Gasteiger partial charge in [-0.05, 0) is 30.2 Å². The number of rotatable bonds is 10. The van der Waals surface area contributed by atoms with E-state index in [0.717, 1.165) is 24.8 Å². The molecule has 3 rings (SSSR count). The molecule has 1 heterocycles. The van der Waals surface area contributed by atoms with E-state index < -0.39 is 11.6 Å². The molecular weight excluding hydrogens is 393 g/mol. The molecule has 3 aromatic rings. The van der Waals surface area contributed by atoms with Crippen LogP contribution in [-0.4, -0.2) is 21.0 Å². The number of amides is 1. The third-order valence-electron chi connectivity index (χ3n) is 5.07. The molecule has 31 heavy (non-hydrogen) atoms. The maximum atomic E-state index is 13.8. The zero-order chi connectivity index (χ0) is 22.1. The molecule has 0 saturated heterocycles. The van der Waals surface area contributed by atoms with Gasteiger partial charge in [0.2, 0.25) is 5.91 Å². The van der Waals surface area contributed by atoms with Crippen molar-refractivity contribution in [2.24, 2.45) is 0 Å². The molecule has 0 radical (unpaired) electrons. The Kier molecular flexibility index (Phi) is 8.10. The van der Waals surface area contributed by atoms with Crippen molar-refractivity contribution in [2.45, 2.75) is 51.9 Å². The van der Waals surface area contributed by atoms with Gasteiger partial charge in [-0.1, -0.05) is 62.9 Å². The minimum Gasteiger partial charge on any atom is -0.505 e. The molecule has 0 fully saturated rings. The lowest BCUT2D eigenvalue weighted by molar-refractivity contribution is -0.116. The summed E-state index contributed by atoms with van der Waals surface area (Å²) < 4.78 is 13.8. The predicted octanol–water partition coefficient (Wildman–Crippen LogP) is 5.88. The molecule has 0 spiro atoms. The van der Waals surface area contributed by atoms with Crippen LogP contribution < -0.4 is 5.32 Å². The number of phenols is 1.